The molecule has 1 N–H and O–H groups in total. The van der Waals surface area contributed by atoms with Crippen LogP contribution in [0.3, 0.4) is 0 Å². The van der Waals surface area contributed by atoms with Gasteiger partial charge in [-0.05, 0) is 30.0 Å². The van der Waals surface area contributed by atoms with Crippen LogP contribution in [0, 0.1) is 6.92 Å². The smallest absolute Gasteiger partial charge is 0.197 e. The number of aryl methyl sites for hydroxylation is 1. The van der Waals surface area contributed by atoms with Gasteiger partial charge < -0.3 is 9.72 Å². The second-order valence-corrected chi connectivity index (χ2v) is 6.67. The number of nitrogens with one attached hydrogen (secondary N) is 1. The lowest BCUT2D eigenvalue weighted by atomic mass is 9.97. The fourth-order valence-electron chi connectivity index (χ4n) is 2.95. The standard InChI is InChI=1S/C20H20ClNO2/c1-11(2)13-5-7-14(8-6-13)19-12(3)22-17-10-18(24-4)16(21)9-15(17)20(19)23/h5-11H,1-4H3,(H,22,23). The molecular formula is C20H20ClNO2. The molecule has 0 atom stereocenters. The summed E-state index contributed by atoms with van der Waals surface area (Å²) < 4.78 is 5.23. The van der Waals surface area contributed by atoms with Crippen LogP contribution in [0.5, 0.6) is 5.75 Å². The molecule has 0 fully saturated rings. The Kier molecular flexibility index (Phi) is 4.37. The fraction of sp³-hybridized carbons (Fsp3) is 0.250. The maximum atomic E-state index is 13.0. The molecule has 0 bridgehead atoms. The highest BCUT2D eigenvalue weighted by Gasteiger charge is 2.14. The highest BCUT2D eigenvalue weighted by Crippen LogP contribution is 2.30. The van der Waals surface area contributed by atoms with E-state index in [-0.39, 0.29) is 5.43 Å². The molecule has 4 heteroatoms. The molecule has 3 aromatic rings. The summed E-state index contributed by atoms with van der Waals surface area (Å²) in [5.74, 6) is 1.01. The second-order valence-electron chi connectivity index (χ2n) is 6.26. The van der Waals surface area contributed by atoms with Crippen molar-refractivity contribution in [3.05, 3.63) is 62.9 Å². The Morgan fingerprint density at radius 2 is 1.79 bits per heavy atom. The Bertz CT molecular complexity index is 956. The number of fused-ring (bicyclic) bond motifs is 1. The largest absolute Gasteiger partial charge is 0.495 e. The summed E-state index contributed by atoms with van der Waals surface area (Å²) in [6.45, 7) is 6.21. The van der Waals surface area contributed by atoms with Crippen molar-refractivity contribution in [2.24, 2.45) is 0 Å². The van der Waals surface area contributed by atoms with Gasteiger partial charge in [-0.2, -0.15) is 0 Å². The molecule has 0 aliphatic rings. The number of methoxy groups -OCH3 is 1. The van der Waals surface area contributed by atoms with E-state index in [1.54, 1.807) is 19.2 Å². The molecule has 3 rings (SSSR count). The summed E-state index contributed by atoms with van der Waals surface area (Å²) in [5, 5.41) is 0.995. The van der Waals surface area contributed by atoms with Crippen molar-refractivity contribution in [2.75, 3.05) is 7.11 Å². The summed E-state index contributed by atoms with van der Waals surface area (Å²) in [6, 6.07) is 11.6. The average Bonchev–Trinajstić information content (AvgIpc) is 2.55. The number of aromatic amines is 1. The van der Waals surface area contributed by atoms with Crippen LogP contribution in [-0.2, 0) is 0 Å². The van der Waals surface area contributed by atoms with Crippen LogP contribution in [-0.4, -0.2) is 12.1 Å². The summed E-state index contributed by atoms with van der Waals surface area (Å²) in [6.07, 6.45) is 0. The number of H-pyrrole nitrogens is 1. The third-order valence-electron chi connectivity index (χ3n) is 4.33. The Labute approximate surface area is 146 Å². The summed E-state index contributed by atoms with van der Waals surface area (Å²) in [4.78, 5) is 16.3. The van der Waals surface area contributed by atoms with Gasteiger partial charge in [0, 0.05) is 22.7 Å². The van der Waals surface area contributed by atoms with Crippen molar-refractivity contribution < 1.29 is 4.74 Å². The van der Waals surface area contributed by atoms with Crippen LogP contribution in [0.4, 0.5) is 0 Å². The lowest BCUT2D eigenvalue weighted by molar-refractivity contribution is 0.415. The number of halogens is 1. The number of ether oxygens (including phenoxy) is 1. The molecule has 3 nitrogen and oxygen atoms in total. The zero-order chi connectivity index (χ0) is 17.4. The number of benzene rings is 2. The molecule has 0 spiro atoms. The topological polar surface area (TPSA) is 42.1 Å². The average molecular weight is 342 g/mol. The summed E-state index contributed by atoms with van der Waals surface area (Å²) in [5.41, 5.74) is 4.37. The Hall–Kier alpha value is -2.26. The van der Waals surface area contributed by atoms with Gasteiger partial charge in [-0.15, -0.1) is 0 Å². The monoisotopic (exact) mass is 341 g/mol. The molecule has 0 amide bonds. The summed E-state index contributed by atoms with van der Waals surface area (Å²) >= 11 is 6.19. The number of hydrogen-bond acceptors (Lipinski definition) is 2. The van der Waals surface area contributed by atoms with Crippen LogP contribution < -0.4 is 10.2 Å². The molecule has 0 saturated heterocycles. The lowest BCUT2D eigenvalue weighted by Crippen LogP contribution is -2.10. The lowest BCUT2D eigenvalue weighted by Gasteiger charge is -2.12. The van der Waals surface area contributed by atoms with Crippen LogP contribution in [0.1, 0.15) is 31.0 Å². The van der Waals surface area contributed by atoms with E-state index >= 15 is 0 Å². The van der Waals surface area contributed by atoms with Gasteiger partial charge in [0.2, 0.25) is 0 Å². The zero-order valence-electron chi connectivity index (χ0n) is 14.2. The highest BCUT2D eigenvalue weighted by molar-refractivity contribution is 6.32. The molecule has 24 heavy (non-hydrogen) atoms. The van der Waals surface area contributed by atoms with Gasteiger partial charge in [-0.3, -0.25) is 4.79 Å². The quantitative estimate of drug-likeness (QED) is 0.703. The maximum Gasteiger partial charge on any atom is 0.197 e. The van der Waals surface area contributed by atoms with E-state index in [0.717, 1.165) is 16.8 Å². The maximum absolute atomic E-state index is 13.0. The first-order chi connectivity index (χ1) is 11.4. The fourth-order valence-corrected chi connectivity index (χ4v) is 3.19. The van der Waals surface area contributed by atoms with E-state index in [9.17, 15) is 4.79 Å². The van der Waals surface area contributed by atoms with Gasteiger partial charge >= 0.3 is 0 Å². The predicted octanol–water partition coefficient (Wildman–Crippen LogP) is 5.29. The molecule has 1 aromatic heterocycles. The minimum atomic E-state index is -0.0249. The summed E-state index contributed by atoms with van der Waals surface area (Å²) in [7, 11) is 1.56. The molecule has 124 valence electrons. The molecule has 2 aromatic carbocycles. The van der Waals surface area contributed by atoms with Crippen LogP contribution in [0.25, 0.3) is 22.0 Å². The van der Waals surface area contributed by atoms with E-state index in [1.165, 1.54) is 5.56 Å². The SMILES string of the molecule is COc1cc2[nH]c(C)c(-c3ccc(C(C)C)cc3)c(=O)c2cc1Cl. The minimum Gasteiger partial charge on any atom is -0.495 e. The van der Waals surface area contributed by atoms with Crippen molar-refractivity contribution in [3.63, 3.8) is 0 Å². The Balaban J connectivity index is 2.23. The first-order valence-electron chi connectivity index (χ1n) is 7.92. The van der Waals surface area contributed by atoms with Crippen LogP contribution in [0.2, 0.25) is 5.02 Å². The molecule has 0 aliphatic carbocycles. The first kappa shape index (κ1) is 16.6. The number of aromatic nitrogens is 1. The van der Waals surface area contributed by atoms with E-state index < -0.39 is 0 Å². The zero-order valence-corrected chi connectivity index (χ0v) is 15.0. The van der Waals surface area contributed by atoms with Crippen molar-refractivity contribution in [3.8, 4) is 16.9 Å². The van der Waals surface area contributed by atoms with Gasteiger partial charge in [-0.25, -0.2) is 0 Å². The molecular weight excluding hydrogens is 322 g/mol. The minimum absolute atomic E-state index is 0.0249. The van der Waals surface area contributed by atoms with Crippen LogP contribution >= 0.6 is 11.6 Å². The van der Waals surface area contributed by atoms with Crippen molar-refractivity contribution >= 4 is 22.5 Å². The van der Waals surface area contributed by atoms with E-state index in [0.29, 0.717) is 27.6 Å². The van der Waals surface area contributed by atoms with E-state index in [4.69, 9.17) is 16.3 Å². The van der Waals surface area contributed by atoms with Gasteiger partial charge in [0.1, 0.15) is 5.75 Å². The first-order valence-corrected chi connectivity index (χ1v) is 8.30. The highest BCUT2D eigenvalue weighted by atomic mass is 35.5. The molecule has 0 saturated carbocycles. The van der Waals surface area contributed by atoms with Crippen molar-refractivity contribution in [1.29, 1.82) is 0 Å². The predicted molar refractivity (Wildman–Crippen MR) is 100 cm³/mol. The number of rotatable bonds is 3. The van der Waals surface area contributed by atoms with Crippen LogP contribution in [0.15, 0.2) is 41.2 Å². The molecule has 0 radical (unpaired) electrons. The molecule has 0 unspecified atom stereocenters. The van der Waals surface area contributed by atoms with Crippen molar-refractivity contribution in [1.82, 2.24) is 4.98 Å². The van der Waals surface area contributed by atoms with Gasteiger partial charge in [0.25, 0.3) is 0 Å². The second kappa shape index (κ2) is 6.33. The number of hydrogen-bond donors (Lipinski definition) is 1. The Morgan fingerprint density at radius 3 is 2.38 bits per heavy atom. The third kappa shape index (κ3) is 2.80. The Morgan fingerprint density at radius 1 is 1.12 bits per heavy atom. The molecule has 1 heterocycles. The van der Waals surface area contributed by atoms with Gasteiger partial charge in [0.05, 0.1) is 17.6 Å². The van der Waals surface area contributed by atoms with Gasteiger partial charge in [-0.1, -0.05) is 49.7 Å². The third-order valence-corrected chi connectivity index (χ3v) is 4.62. The van der Waals surface area contributed by atoms with Crippen molar-refractivity contribution in [2.45, 2.75) is 26.7 Å². The van der Waals surface area contributed by atoms with E-state index in [1.807, 2.05) is 19.1 Å². The van der Waals surface area contributed by atoms with Gasteiger partial charge in [0.15, 0.2) is 5.43 Å². The normalized spacial score (nSPS) is 11.2. The number of pyridine rings is 1. The van der Waals surface area contributed by atoms with E-state index in [2.05, 4.69) is 31.0 Å². The molecule has 0 aliphatic heterocycles.